The maximum atomic E-state index is 2.33. The maximum absolute atomic E-state index is 2.33. The third kappa shape index (κ3) is 177. The topological polar surface area (TPSA) is 0 Å². The summed E-state index contributed by atoms with van der Waals surface area (Å²) in [7, 11) is 0. The van der Waals surface area contributed by atoms with Gasteiger partial charge in [0.1, 0.15) is 0 Å². The van der Waals surface area contributed by atoms with Gasteiger partial charge in [0.05, 0.1) is 0 Å². The molecule has 0 aromatic rings. The number of rotatable bonds is 29. The predicted octanol–water partition coefficient (Wildman–Crippen LogP) is 41.1. The Morgan fingerprint density at radius 2 is 0.500 bits per heavy atom. The van der Waals surface area contributed by atoms with Gasteiger partial charge in [-0.2, -0.15) is 0 Å². The Bertz CT molecular complexity index is 1380. The predicted molar refractivity (Wildman–Crippen MR) is 519 cm³/mol. The van der Waals surface area contributed by atoms with Crippen LogP contribution < -0.4 is 0 Å². The molecule has 0 rings (SSSR count). The van der Waals surface area contributed by atoms with E-state index in [0.29, 0.717) is 16.2 Å². The van der Waals surface area contributed by atoms with E-state index in [1.54, 1.807) is 0 Å². The largest absolute Gasteiger partial charge is 0.0654 e. The minimum absolute atomic E-state index is 0.480. The molecule has 0 N–H and O–H groups in total. The van der Waals surface area contributed by atoms with Crippen molar-refractivity contribution in [2.75, 3.05) is 0 Å². The normalized spacial score (nSPS) is 12.3. The molecule has 0 amide bonds. The van der Waals surface area contributed by atoms with Crippen molar-refractivity contribution in [3.8, 4) is 0 Å². The van der Waals surface area contributed by atoms with E-state index in [-0.39, 0.29) is 0 Å². The molecule has 4 atom stereocenters. The van der Waals surface area contributed by atoms with Gasteiger partial charge in [-0.15, -0.1) is 0 Å². The summed E-state index contributed by atoms with van der Waals surface area (Å²) in [6, 6.07) is 0. The number of hydrogen-bond acceptors (Lipinski definition) is 0. The molecule has 0 fully saturated rings. The highest BCUT2D eigenvalue weighted by Crippen LogP contribution is 2.31. The molecule has 0 aliphatic carbocycles. The Kier molecular flexibility index (Phi) is 127. The van der Waals surface area contributed by atoms with E-state index in [0.717, 1.165) is 142 Å². The van der Waals surface area contributed by atoms with Gasteiger partial charge in [0.2, 0.25) is 0 Å². The van der Waals surface area contributed by atoms with E-state index < -0.39 is 0 Å². The van der Waals surface area contributed by atoms with Crippen LogP contribution in [0.15, 0.2) is 0 Å². The summed E-state index contributed by atoms with van der Waals surface area (Å²) < 4.78 is 0. The van der Waals surface area contributed by atoms with Crippen molar-refractivity contribution >= 4 is 0 Å². The first kappa shape index (κ1) is 141. The zero-order valence-electron chi connectivity index (χ0n) is 88.8. The van der Waals surface area contributed by atoms with E-state index in [1.165, 1.54) is 122 Å². The molecular formula is C106H242. The van der Waals surface area contributed by atoms with Gasteiger partial charge in [-0.1, -0.05) is 525 Å². The van der Waals surface area contributed by atoms with Crippen molar-refractivity contribution in [3.63, 3.8) is 0 Å². The van der Waals surface area contributed by atoms with Crippen LogP contribution in [0.25, 0.3) is 0 Å². The fraction of sp³-hybridized carbons (Fsp3) is 1.00. The van der Waals surface area contributed by atoms with Crippen LogP contribution in [-0.2, 0) is 0 Å². The van der Waals surface area contributed by atoms with Gasteiger partial charge in [0.15, 0.2) is 0 Å². The van der Waals surface area contributed by atoms with Gasteiger partial charge < -0.3 is 0 Å². The summed E-state index contributed by atoms with van der Waals surface area (Å²) in [6.45, 7) is 136. The van der Waals surface area contributed by atoms with Gasteiger partial charge in [-0.25, -0.2) is 0 Å². The number of unbranched alkanes of at least 4 members (excludes halogenated alkanes) is 3. The first-order valence-corrected chi connectivity index (χ1v) is 47.6. The van der Waals surface area contributed by atoms with Crippen LogP contribution in [-0.4, -0.2) is 0 Å². The molecule has 0 nitrogen and oxygen atoms in total. The van der Waals surface area contributed by atoms with E-state index in [4.69, 9.17) is 0 Å². The highest BCUT2D eigenvalue weighted by molar-refractivity contribution is 4.72. The maximum Gasteiger partial charge on any atom is -0.0334 e. The molecule has 0 aliphatic heterocycles. The van der Waals surface area contributed by atoms with E-state index in [1.807, 2.05) is 0 Å². The molecule has 0 heteroatoms. The first-order valence-electron chi connectivity index (χ1n) is 47.6. The monoisotopic (exact) mass is 1520 g/mol. The zero-order chi connectivity index (χ0) is 88.8. The molecule has 0 saturated carbocycles. The summed E-state index contributed by atoms with van der Waals surface area (Å²) in [6.07, 6.45) is 25.9. The lowest BCUT2D eigenvalue weighted by molar-refractivity contribution is 0.199. The van der Waals surface area contributed by atoms with Gasteiger partial charge >= 0.3 is 0 Å². The van der Waals surface area contributed by atoms with Crippen LogP contribution in [0.4, 0.5) is 0 Å². The second kappa shape index (κ2) is 95.6. The van der Waals surface area contributed by atoms with Crippen molar-refractivity contribution in [3.05, 3.63) is 0 Å². The molecule has 0 heterocycles. The minimum atomic E-state index is 0.480. The smallest absolute Gasteiger partial charge is 0.0334 e. The second-order valence-electron chi connectivity index (χ2n) is 43.6. The zero-order valence-corrected chi connectivity index (χ0v) is 88.8. The SMILES string of the molecule is CC(C)C.CC(C)C(C)(C)C.CC(C)C(C)C.CC(C)C(C)C(C)(C)C.CC(C)C(C)C(C)C.CC(C)CC(C)C.CC(C)CCC(C)C.CCC(C)(C)C(C)C.CCC(C)C.CCC(C)C(C)C.CCC(C)CC(C)C.CCCC(C)C.CCCC(C)C(C)C.CCCCC(C)C.CCCCCC(C)C. The van der Waals surface area contributed by atoms with E-state index in [2.05, 4.69) is 415 Å². The van der Waals surface area contributed by atoms with Crippen LogP contribution in [0, 0.1) is 158 Å². The van der Waals surface area contributed by atoms with Crippen LogP contribution in [0.2, 0.25) is 0 Å². The average molecular weight is 1520 g/mol. The van der Waals surface area contributed by atoms with Crippen molar-refractivity contribution in [2.45, 2.75) is 537 Å². The summed E-state index contributed by atoms with van der Waals surface area (Å²) in [4.78, 5) is 0. The third-order valence-corrected chi connectivity index (χ3v) is 21.7. The Balaban J connectivity index is -0.0000000646. The van der Waals surface area contributed by atoms with Gasteiger partial charge in [-0.3, -0.25) is 0 Å². The van der Waals surface area contributed by atoms with Gasteiger partial charge in [0.25, 0.3) is 0 Å². The fourth-order valence-corrected chi connectivity index (χ4v) is 8.01. The molecule has 0 bridgehead atoms. The van der Waals surface area contributed by atoms with E-state index >= 15 is 0 Å². The summed E-state index contributed by atoms with van der Waals surface area (Å²) in [5, 5.41) is 0. The lowest BCUT2D eigenvalue weighted by Crippen LogP contribution is -2.21. The molecular weight excluding hydrogens is 1270 g/mol. The van der Waals surface area contributed by atoms with Crippen molar-refractivity contribution < 1.29 is 0 Å². The third-order valence-electron chi connectivity index (χ3n) is 21.7. The van der Waals surface area contributed by atoms with Crippen LogP contribution in [0.1, 0.15) is 537 Å². The fourth-order valence-electron chi connectivity index (χ4n) is 8.01. The average Bonchev–Trinajstić information content (AvgIpc) is 0.912. The van der Waals surface area contributed by atoms with Crippen LogP contribution in [0.5, 0.6) is 0 Å². The minimum Gasteiger partial charge on any atom is -0.0654 e. The Morgan fingerprint density at radius 3 is 0.566 bits per heavy atom. The number of hydrogen-bond donors (Lipinski definition) is 0. The Hall–Kier alpha value is 0. The van der Waals surface area contributed by atoms with E-state index in [9.17, 15) is 0 Å². The Labute approximate surface area is 691 Å². The van der Waals surface area contributed by atoms with Crippen molar-refractivity contribution in [2.24, 2.45) is 158 Å². The molecule has 0 aromatic heterocycles. The standard InChI is InChI=1S/C9H20.6C8H18.4C7H16.2C6H14.C5H12.C4H10/c1-7(2)8(3)9(4,5)6;1-7(2)5-6-8(3)4;1-6-8(4,5)7(2)3;1-6(2)8(5)7(3)4;1-5-8(4)6-7(2)3;1-5-6-8(4)7(2)3;1-4-5-6-7-8(2)3;1-6(2)7(3,4)5;1-6(2)5-7(3)4;1-5-7(4)6(2)3;1-4-5-6-7(2)3;1-5(2)6(3)4;1-4-5-6(2)3;1-4-5(2)3;1-4(2)3/h7-8H,1-6H3;7-8H,5-6H2,1-4H3;7H,6H2,1-5H3;6-8H,1-5H3;2*7-8H,5-6H2,1-4H3;8H,4-7H2,1-3H3;6H,1-5H3;2*6-7H,5H2,1-4H3;7H,4-6H2,1-3H3;5-6H,1-4H3;6H,4-5H2,1-3H3;5H,4H2,1-3H3;4H,1-3H3. The molecule has 0 aliphatic rings. The molecule has 0 spiro atoms. The highest BCUT2D eigenvalue weighted by atomic mass is 14.3. The van der Waals surface area contributed by atoms with Crippen molar-refractivity contribution in [1.29, 1.82) is 0 Å². The Morgan fingerprint density at radius 1 is 0.217 bits per heavy atom. The summed E-state index contributed by atoms with van der Waals surface area (Å²) in [5.74, 6) is 20.8. The highest BCUT2D eigenvalue weighted by Gasteiger charge is 2.22. The molecule has 0 saturated heterocycles. The first-order chi connectivity index (χ1) is 47.6. The van der Waals surface area contributed by atoms with Crippen LogP contribution >= 0.6 is 0 Å². The molecule has 4 unspecified atom stereocenters. The molecule has 0 radical (unpaired) electrons. The lowest BCUT2D eigenvalue weighted by atomic mass is 9.76. The quantitative estimate of drug-likeness (QED) is 0.0655. The van der Waals surface area contributed by atoms with Gasteiger partial charge in [0, 0.05) is 0 Å². The molecule has 0 aromatic carbocycles. The van der Waals surface area contributed by atoms with Gasteiger partial charge in [-0.05, 0) is 171 Å². The summed E-state index contributed by atoms with van der Waals surface area (Å²) >= 11 is 0. The van der Waals surface area contributed by atoms with Crippen molar-refractivity contribution in [1.82, 2.24) is 0 Å². The van der Waals surface area contributed by atoms with Crippen LogP contribution in [0.3, 0.4) is 0 Å². The molecule has 106 heavy (non-hydrogen) atoms. The molecule has 666 valence electrons. The lowest BCUT2D eigenvalue weighted by Gasteiger charge is -2.30. The second-order valence-corrected chi connectivity index (χ2v) is 43.6. The summed E-state index contributed by atoms with van der Waals surface area (Å²) in [5.41, 5.74) is 1.52.